The van der Waals surface area contributed by atoms with Crippen molar-refractivity contribution in [3.63, 3.8) is 0 Å². The van der Waals surface area contributed by atoms with Gasteiger partial charge in [0.1, 0.15) is 11.2 Å². The molecule has 0 aliphatic carbocycles. The summed E-state index contributed by atoms with van der Waals surface area (Å²) in [5, 5.41) is 7.97. The molecule has 0 aliphatic heterocycles. The predicted molar refractivity (Wildman–Crippen MR) is 335 cm³/mol. The van der Waals surface area contributed by atoms with E-state index < -0.39 is 0 Å². The van der Waals surface area contributed by atoms with Crippen LogP contribution in [0.25, 0.3) is 165 Å². The summed E-state index contributed by atoms with van der Waals surface area (Å²) in [5.74, 6) is 1.65. The van der Waals surface area contributed by atoms with Crippen molar-refractivity contribution in [2.24, 2.45) is 0 Å². The zero-order valence-electron chi connectivity index (χ0n) is 46.4. The zero-order valence-corrected chi connectivity index (χ0v) is 44.2. The first kappa shape index (κ1) is 43.0. The van der Waals surface area contributed by atoms with Gasteiger partial charge >= 0.3 is 0 Å². The molecule has 0 fully saturated rings. The van der Waals surface area contributed by atoms with Crippen LogP contribution in [0.3, 0.4) is 0 Å². The summed E-state index contributed by atoms with van der Waals surface area (Å²) in [6, 6.07) is 78.4. The van der Waals surface area contributed by atoms with Crippen molar-refractivity contribution in [2.75, 3.05) is 0 Å². The molecule has 0 aliphatic rings. The van der Waals surface area contributed by atoms with Gasteiger partial charge in [-0.2, -0.15) is 0 Å². The average molecular weight is 1070 g/mol. The molecule has 0 radical (unpaired) electrons. The maximum Gasteiger partial charge on any atom is 0.166 e. The summed E-state index contributed by atoms with van der Waals surface area (Å²) in [6.07, 6.45) is 0. The minimum Gasteiger partial charge on any atom is -0.456 e. The molecule has 17 rings (SSSR count). The van der Waals surface area contributed by atoms with Crippen molar-refractivity contribution >= 4 is 97.1 Å². The Morgan fingerprint density at radius 2 is 0.878 bits per heavy atom. The van der Waals surface area contributed by atoms with Gasteiger partial charge in [0.25, 0.3) is 0 Å². The van der Waals surface area contributed by atoms with E-state index in [0.29, 0.717) is 23.3 Å². The Morgan fingerprint density at radius 1 is 0.341 bits per heavy atom. The molecule has 382 valence electrons. The molecule has 82 heavy (non-hydrogen) atoms. The highest BCUT2D eigenvalue weighted by atomic mass is 32.1. The number of furan rings is 1. The number of benzene rings is 11. The van der Waals surface area contributed by atoms with E-state index in [-0.39, 0.29) is 46.6 Å². The molecule has 0 bridgehead atoms. The predicted octanol–water partition coefficient (Wildman–Crippen LogP) is 18.5. The Morgan fingerprint density at radius 3 is 1.57 bits per heavy atom. The lowest BCUT2D eigenvalue weighted by atomic mass is 10.0. The Labute approximate surface area is 476 Å². The summed E-state index contributed by atoms with van der Waals surface area (Å²) in [4.78, 5) is 31.2. The van der Waals surface area contributed by atoms with Crippen molar-refractivity contribution in [1.82, 2.24) is 39.0 Å². The minimum atomic E-state index is -0.249. The summed E-state index contributed by atoms with van der Waals surface area (Å²) >= 11 is 1.73. The van der Waals surface area contributed by atoms with E-state index in [0.717, 1.165) is 109 Å². The third-order valence-corrected chi connectivity index (χ3v) is 16.7. The fourth-order valence-electron chi connectivity index (χ4n) is 11.8. The molecule has 17 aromatic rings. The molecule has 0 saturated carbocycles. The van der Waals surface area contributed by atoms with Crippen LogP contribution < -0.4 is 0 Å². The first-order chi connectivity index (χ1) is 41.9. The second kappa shape index (κ2) is 18.3. The first-order valence-electron chi connectivity index (χ1n) is 28.5. The van der Waals surface area contributed by atoms with Crippen LogP contribution in [0, 0.1) is 0 Å². The van der Waals surface area contributed by atoms with Gasteiger partial charge in [-0.25, -0.2) is 29.9 Å². The van der Waals surface area contributed by atoms with Crippen LogP contribution in [0.2, 0.25) is 0 Å². The molecule has 0 saturated heterocycles. The quantitative estimate of drug-likeness (QED) is 0.149. The molecule has 9 nitrogen and oxygen atoms in total. The molecule has 0 spiro atoms. The maximum absolute atomic E-state index is 10.9. The third kappa shape index (κ3) is 7.32. The highest BCUT2D eigenvalue weighted by molar-refractivity contribution is 7.25. The van der Waals surface area contributed by atoms with Gasteiger partial charge in [0.2, 0.25) is 0 Å². The van der Waals surface area contributed by atoms with Gasteiger partial charge in [0, 0.05) is 91.6 Å². The van der Waals surface area contributed by atoms with Crippen LogP contribution in [-0.2, 0) is 0 Å². The smallest absolute Gasteiger partial charge is 0.166 e. The van der Waals surface area contributed by atoms with Crippen molar-refractivity contribution in [3.05, 3.63) is 255 Å². The lowest BCUT2D eigenvalue weighted by molar-refractivity contribution is 0.669. The molecular weight excluding hydrogens is 1020 g/mol. The number of hydrogen-bond acceptors (Lipinski definition) is 8. The normalized spacial score (nSPS) is 12.4. The summed E-state index contributed by atoms with van der Waals surface area (Å²) in [6.45, 7) is 0. The molecule has 0 atom stereocenters. The second-order valence-corrected chi connectivity index (χ2v) is 21.4. The van der Waals surface area contributed by atoms with Gasteiger partial charge in [0.05, 0.1) is 31.9 Å². The van der Waals surface area contributed by atoms with Crippen LogP contribution >= 0.6 is 11.3 Å². The number of para-hydroxylation sites is 3. The fraction of sp³-hybridized carbons (Fsp3) is 0. The largest absolute Gasteiger partial charge is 0.456 e. The van der Waals surface area contributed by atoms with E-state index in [1.807, 2.05) is 152 Å². The summed E-state index contributed by atoms with van der Waals surface area (Å²) in [7, 11) is 0. The van der Waals surface area contributed by atoms with E-state index >= 15 is 0 Å². The average Bonchev–Trinajstić information content (AvgIpc) is 1.71. The van der Waals surface area contributed by atoms with E-state index in [1.165, 1.54) is 4.70 Å². The van der Waals surface area contributed by atoms with Crippen molar-refractivity contribution < 1.29 is 8.53 Å². The monoisotopic (exact) mass is 1070 g/mol. The summed E-state index contributed by atoms with van der Waals surface area (Å²) < 4.78 is 45.0. The van der Waals surface area contributed by atoms with Gasteiger partial charge in [-0.1, -0.05) is 170 Å². The van der Waals surface area contributed by atoms with Crippen molar-refractivity contribution in [3.8, 4) is 79.7 Å². The second-order valence-electron chi connectivity index (χ2n) is 20.3. The Balaban J connectivity index is 0.995. The van der Waals surface area contributed by atoms with Crippen LogP contribution in [0.4, 0.5) is 0 Å². The van der Waals surface area contributed by atoms with Gasteiger partial charge in [-0.05, 0) is 84.9 Å². The standard InChI is InChI=1S/C72H42N8OS/c1-4-18-43(19-5-1)67-74-70(76-71(75-67)47-33-39-64-55(40-47)51-26-13-17-31-63(51)82-64)46-32-36-59(56(41-46)72-77-68(44-20-6-2-7-21-44)73-69(78-72)45-22-8-3-9-23-45)80-57-28-14-10-24-49(57)52-35-37-60-65(66(52)80)53-27-11-15-29-58(53)79(60)48-34-38-62-54(42-48)50-25-12-16-30-61(50)81-62/h1-42H/i32D,36D,41D. The lowest BCUT2D eigenvalue weighted by Gasteiger charge is -2.17. The number of thiophene rings is 1. The molecule has 6 aromatic heterocycles. The van der Waals surface area contributed by atoms with Crippen molar-refractivity contribution in [1.29, 1.82) is 0 Å². The highest BCUT2D eigenvalue weighted by Crippen LogP contribution is 2.45. The first-order valence-corrected chi connectivity index (χ1v) is 27.8. The van der Waals surface area contributed by atoms with E-state index in [9.17, 15) is 4.11 Å². The molecule has 6 heterocycles. The summed E-state index contributed by atoms with van der Waals surface area (Å²) in [5.41, 5.74) is 9.41. The molecule has 0 amide bonds. The van der Waals surface area contributed by atoms with Gasteiger partial charge in [0.15, 0.2) is 34.9 Å². The Hall–Kier alpha value is -10.9. The van der Waals surface area contributed by atoms with E-state index in [2.05, 4.69) is 94.1 Å². The Kier molecular flexibility index (Phi) is 9.61. The van der Waals surface area contributed by atoms with Gasteiger partial charge in [-0.15, -0.1) is 11.3 Å². The maximum atomic E-state index is 10.9. The van der Waals surface area contributed by atoms with E-state index in [4.69, 9.17) is 34.3 Å². The van der Waals surface area contributed by atoms with Gasteiger partial charge < -0.3 is 13.6 Å². The lowest BCUT2D eigenvalue weighted by Crippen LogP contribution is -2.05. The number of nitrogens with zero attached hydrogens (tertiary/aromatic N) is 8. The number of fused-ring (bicyclic) bond motifs is 13. The van der Waals surface area contributed by atoms with Crippen LogP contribution in [0.5, 0.6) is 0 Å². The molecule has 10 heteroatoms. The zero-order chi connectivity index (χ0) is 56.4. The minimum absolute atomic E-state index is 0.0271. The fourth-order valence-corrected chi connectivity index (χ4v) is 12.9. The SMILES string of the molecule is [2H]c1c([2H])c(-n2c3ccccc3c3ccc4c(c5ccccc5n4-c4ccc5oc6ccccc6c5c4)c32)c(-c2nc(-c3ccccc3)nc(-c3ccccc3)n2)c([2H])c1-c1nc(-c2ccccc2)nc(-c2ccc3sc4ccccc4c3c2)n1. The topological polar surface area (TPSA) is 100 Å². The van der Waals surface area contributed by atoms with Crippen LogP contribution in [0.15, 0.2) is 259 Å². The van der Waals surface area contributed by atoms with Crippen LogP contribution in [0.1, 0.15) is 4.11 Å². The Bertz CT molecular complexity index is 5550. The molecule has 0 N–H and O–H groups in total. The molecule has 11 aromatic carbocycles. The van der Waals surface area contributed by atoms with Crippen LogP contribution in [-0.4, -0.2) is 39.0 Å². The highest BCUT2D eigenvalue weighted by Gasteiger charge is 2.26. The molecule has 0 unspecified atom stereocenters. The van der Waals surface area contributed by atoms with Crippen molar-refractivity contribution in [2.45, 2.75) is 0 Å². The molecular formula is C72H42N8OS. The van der Waals surface area contributed by atoms with Gasteiger partial charge in [-0.3, -0.25) is 0 Å². The number of hydrogen-bond donors (Lipinski definition) is 0. The number of aromatic nitrogens is 8. The number of rotatable bonds is 8. The third-order valence-electron chi connectivity index (χ3n) is 15.6. The van der Waals surface area contributed by atoms with E-state index in [1.54, 1.807) is 11.3 Å².